The highest BCUT2D eigenvalue weighted by Gasteiger charge is 2.26. The molecule has 1 N–H and O–H groups in total. The fraction of sp³-hybridized carbons (Fsp3) is 0.409. The first-order valence-electron chi connectivity index (χ1n) is 9.49. The lowest BCUT2D eigenvalue weighted by molar-refractivity contribution is -0.143. The van der Waals surface area contributed by atoms with Gasteiger partial charge in [0.2, 0.25) is 0 Å². The maximum Gasteiger partial charge on any atom is 0.307 e. The van der Waals surface area contributed by atoms with Crippen LogP contribution in [0.2, 0.25) is 0 Å². The first-order chi connectivity index (χ1) is 13.7. The Labute approximate surface area is 175 Å². The van der Waals surface area contributed by atoms with Crippen LogP contribution in [0.1, 0.15) is 45.7 Å². The maximum absolute atomic E-state index is 12.6. The summed E-state index contributed by atoms with van der Waals surface area (Å²) in [5, 5.41) is 0. The SMILES string of the molecule is CCOC(=O)C[C@H](N[S@](=O)C(C)(C)C)c1cccc(Oc2ccccc2OC)c1. The first kappa shape index (κ1) is 22.9. The molecule has 0 aliphatic heterocycles. The van der Waals surface area contributed by atoms with Gasteiger partial charge in [0.15, 0.2) is 11.5 Å². The van der Waals surface area contributed by atoms with Crippen molar-refractivity contribution in [3.8, 4) is 17.2 Å². The highest BCUT2D eigenvalue weighted by molar-refractivity contribution is 7.84. The zero-order valence-corrected chi connectivity index (χ0v) is 18.4. The molecule has 158 valence electrons. The lowest BCUT2D eigenvalue weighted by Gasteiger charge is -2.24. The molecule has 6 nitrogen and oxygen atoms in total. The van der Waals surface area contributed by atoms with Gasteiger partial charge in [0.1, 0.15) is 5.75 Å². The smallest absolute Gasteiger partial charge is 0.307 e. The van der Waals surface area contributed by atoms with Crippen LogP contribution < -0.4 is 14.2 Å². The molecule has 7 heteroatoms. The number of methoxy groups -OCH3 is 1. The highest BCUT2D eigenvalue weighted by atomic mass is 32.2. The zero-order chi connectivity index (χ0) is 21.4. The van der Waals surface area contributed by atoms with E-state index in [1.165, 1.54) is 0 Å². The summed E-state index contributed by atoms with van der Waals surface area (Å²) in [6.45, 7) is 7.68. The molecule has 2 atom stereocenters. The van der Waals surface area contributed by atoms with E-state index in [2.05, 4.69) is 4.72 Å². The molecular formula is C22H29NO5S. The van der Waals surface area contributed by atoms with Crippen molar-refractivity contribution < 1.29 is 23.2 Å². The molecule has 0 radical (unpaired) electrons. The van der Waals surface area contributed by atoms with Gasteiger partial charge in [-0.15, -0.1) is 0 Å². The molecule has 0 aromatic heterocycles. The van der Waals surface area contributed by atoms with Crippen molar-refractivity contribution >= 4 is 17.0 Å². The van der Waals surface area contributed by atoms with Crippen LogP contribution in [0.3, 0.4) is 0 Å². The summed E-state index contributed by atoms with van der Waals surface area (Å²) in [6, 6.07) is 14.2. The molecule has 0 aliphatic carbocycles. The van der Waals surface area contributed by atoms with Crippen molar-refractivity contribution in [1.82, 2.24) is 4.72 Å². The number of carbonyl (C=O) groups excluding carboxylic acids is 1. The summed E-state index contributed by atoms with van der Waals surface area (Å²) in [7, 11) is 0.227. The number of esters is 1. The molecule has 2 rings (SSSR count). The standard InChI is InChI=1S/C22H29NO5S/c1-6-27-21(24)15-18(23-29(25)22(2,3)4)16-10-9-11-17(14-16)28-20-13-8-7-12-19(20)26-5/h7-14,18,23H,6,15H2,1-5H3/t18-,29+/m0/s1. The molecule has 0 unspecified atom stereocenters. The Kier molecular flexibility index (Phi) is 8.22. The molecule has 0 heterocycles. The summed E-state index contributed by atoms with van der Waals surface area (Å²) in [5.74, 6) is 1.43. The minimum Gasteiger partial charge on any atom is -0.493 e. The van der Waals surface area contributed by atoms with E-state index in [0.717, 1.165) is 5.56 Å². The van der Waals surface area contributed by atoms with Gasteiger partial charge in [-0.2, -0.15) is 0 Å². The third kappa shape index (κ3) is 6.87. The van der Waals surface area contributed by atoms with Gasteiger partial charge >= 0.3 is 5.97 Å². The van der Waals surface area contributed by atoms with E-state index in [4.69, 9.17) is 14.2 Å². The predicted octanol–water partition coefficient (Wildman–Crippen LogP) is 4.53. The van der Waals surface area contributed by atoms with E-state index in [1.807, 2.05) is 69.3 Å². The van der Waals surface area contributed by atoms with Crippen LogP contribution in [0, 0.1) is 0 Å². The van der Waals surface area contributed by atoms with Gasteiger partial charge in [-0.05, 0) is 57.5 Å². The highest BCUT2D eigenvalue weighted by Crippen LogP contribution is 2.32. The Morgan fingerprint density at radius 2 is 1.79 bits per heavy atom. The number of hydrogen-bond donors (Lipinski definition) is 1. The topological polar surface area (TPSA) is 73.9 Å². The minimum absolute atomic E-state index is 0.0633. The van der Waals surface area contributed by atoms with Gasteiger partial charge in [-0.25, -0.2) is 8.93 Å². The number of carbonyl (C=O) groups is 1. The number of rotatable bonds is 9. The van der Waals surface area contributed by atoms with Gasteiger partial charge < -0.3 is 14.2 Å². The molecule has 29 heavy (non-hydrogen) atoms. The third-order valence-electron chi connectivity index (χ3n) is 4.04. The molecule has 0 amide bonds. The molecule has 0 spiro atoms. The van der Waals surface area contributed by atoms with E-state index in [-0.39, 0.29) is 12.4 Å². The summed E-state index contributed by atoms with van der Waals surface area (Å²) >= 11 is 0. The molecule has 2 aromatic rings. The van der Waals surface area contributed by atoms with Crippen molar-refractivity contribution in [2.45, 2.75) is 44.9 Å². The Morgan fingerprint density at radius 3 is 2.41 bits per heavy atom. The number of para-hydroxylation sites is 2. The summed E-state index contributed by atoms with van der Waals surface area (Å²) < 4.78 is 31.6. The second-order valence-corrected chi connectivity index (χ2v) is 9.38. The second kappa shape index (κ2) is 10.4. The minimum atomic E-state index is -1.36. The summed E-state index contributed by atoms with van der Waals surface area (Å²) in [4.78, 5) is 12.1. The van der Waals surface area contributed by atoms with Crippen LogP contribution in [0.25, 0.3) is 0 Å². The van der Waals surface area contributed by atoms with Gasteiger partial charge in [-0.3, -0.25) is 4.79 Å². The average Bonchev–Trinajstić information content (AvgIpc) is 2.67. The maximum atomic E-state index is 12.6. The molecule has 0 saturated heterocycles. The normalized spacial score (nSPS) is 13.4. The Hall–Kier alpha value is -2.38. The average molecular weight is 420 g/mol. The van der Waals surface area contributed by atoms with Crippen LogP contribution in [0.5, 0.6) is 17.2 Å². The third-order valence-corrected chi connectivity index (χ3v) is 5.65. The number of ether oxygens (including phenoxy) is 3. The summed E-state index contributed by atoms with van der Waals surface area (Å²) in [5.41, 5.74) is 0.781. The molecular weight excluding hydrogens is 390 g/mol. The number of hydrogen-bond acceptors (Lipinski definition) is 5. The predicted molar refractivity (Wildman–Crippen MR) is 115 cm³/mol. The van der Waals surface area contributed by atoms with Gasteiger partial charge in [-0.1, -0.05) is 24.3 Å². The molecule has 0 aliphatic rings. The van der Waals surface area contributed by atoms with E-state index >= 15 is 0 Å². The van der Waals surface area contributed by atoms with Crippen LogP contribution in [0.4, 0.5) is 0 Å². The van der Waals surface area contributed by atoms with Gasteiger partial charge in [0.25, 0.3) is 0 Å². The van der Waals surface area contributed by atoms with Crippen LogP contribution in [0.15, 0.2) is 48.5 Å². The zero-order valence-electron chi connectivity index (χ0n) is 17.6. The monoisotopic (exact) mass is 419 g/mol. The van der Waals surface area contributed by atoms with Crippen molar-refractivity contribution in [3.05, 3.63) is 54.1 Å². The molecule has 0 saturated carbocycles. The largest absolute Gasteiger partial charge is 0.493 e. The lowest BCUT2D eigenvalue weighted by Crippen LogP contribution is -2.36. The second-order valence-electron chi connectivity index (χ2n) is 7.39. The van der Waals surface area contributed by atoms with E-state index in [0.29, 0.717) is 23.9 Å². The van der Waals surface area contributed by atoms with Crippen LogP contribution >= 0.6 is 0 Å². The van der Waals surface area contributed by atoms with Crippen molar-refractivity contribution in [2.24, 2.45) is 0 Å². The van der Waals surface area contributed by atoms with E-state index in [1.54, 1.807) is 14.0 Å². The fourth-order valence-corrected chi connectivity index (χ4v) is 3.38. The van der Waals surface area contributed by atoms with E-state index < -0.39 is 21.8 Å². The Bertz CT molecular complexity index is 847. The van der Waals surface area contributed by atoms with Gasteiger partial charge in [0.05, 0.1) is 41.9 Å². The van der Waals surface area contributed by atoms with Crippen molar-refractivity contribution in [1.29, 1.82) is 0 Å². The summed E-state index contributed by atoms with van der Waals surface area (Å²) in [6.07, 6.45) is 0.0633. The number of benzene rings is 2. The van der Waals surface area contributed by atoms with E-state index in [9.17, 15) is 9.00 Å². The number of nitrogens with one attached hydrogen (secondary N) is 1. The lowest BCUT2D eigenvalue weighted by atomic mass is 10.0. The fourth-order valence-electron chi connectivity index (χ4n) is 2.54. The molecule has 2 aromatic carbocycles. The molecule has 0 bridgehead atoms. The van der Waals surface area contributed by atoms with Crippen LogP contribution in [-0.4, -0.2) is 28.6 Å². The first-order valence-corrected chi connectivity index (χ1v) is 10.6. The van der Waals surface area contributed by atoms with Gasteiger partial charge in [0, 0.05) is 0 Å². The Balaban J connectivity index is 2.29. The van der Waals surface area contributed by atoms with Crippen LogP contribution in [-0.2, 0) is 20.5 Å². The quantitative estimate of drug-likeness (QED) is 0.604. The molecule has 0 fully saturated rings. The van der Waals surface area contributed by atoms with Crippen molar-refractivity contribution in [3.63, 3.8) is 0 Å². The van der Waals surface area contributed by atoms with Crippen molar-refractivity contribution in [2.75, 3.05) is 13.7 Å². The Morgan fingerprint density at radius 1 is 1.10 bits per heavy atom.